The van der Waals surface area contributed by atoms with E-state index in [1.807, 2.05) is 41.5 Å². The maximum absolute atomic E-state index is 12.3. The lowest BCUT2D eigenvalue weighted by atomic mass is 9.93. The van der Waals surface area contributed by atoms with Crippen LogP contribution in [0.1, 0.15) is 67.2 Å². The molecule has 0 saturated carbocycles. The van der Waals surface area contributed by atoms with E-state index in [4.69, 9.17) is 4.74 Å². The summed E-state index contributed by atoms with van der Waals surface area (Å²) in [5.74, 6) is 0.607. The van der Waals surface area contributed by atoms with Crippen LogP contribution in [0.3, 0.4) is 0 Å². The summed E-state index contributed by atoms with van der Waals surface area (Å²) < 4.78 is 30.9. The van der Waals surface area contributed by atoms with Gasteiger partial charge in [-0.1, -0.05) is 13.8 Å². The van der Waals surface area contributed by atoms with E-state index in [2.05, 4.69) is 20.9 Å². The van der Waals surface area contributed by atoms with Gasteiger partial charge in [0.1, 0.15) is 5.60 Å². The third kappa shape index (κ3) is 8.67. The van der Waals surface area contributed by atoms with E-state index < -0.39 is 27.3 Å². The van der Waals surface area contributed by atoms with Crippen LogP contribution in [0.2, 0.25) is 0 Å². The summed E-state index contributed by atoms with van der Waals surface area (Å²) in [6.45, 7) is 13.6. The molecule has 1 rings (SSSR count). The average Bonchev–Trinajstić information content (AvgIpc) is 3.10. The first kappa shape index (κ1) is 26.5. The molecule has 1 saturated heterocycles. The molecule has 1 aliphatic heterocycles. The number of hydrogen-bond donors (Lipinski definition) is 3. The lowest BCUT2D eigenvalue weighted by molar-refractivity contribution is 0.0452. The molecule has 9 nitrogen and oxygen atoms in total. The molecule has 0 spiro atoms. The summed E-state index contributed by atoms with van der Waals surface area (Å²) in [6, 6.07) is -0.0779. The van der Waals surface area contributed by atoms with Crippen molar-refractivity contribution in [1.82, 2.24) is 20.3 Å². The molecule has 0 unspecified atom stereocenters. The van der Waals surface area contributed by atoms with Gasteiger partial charge in [-0.3, -0.25) is 4.99 Å². The Labute approximate surface area is 182 Å². The smallest absolute Gasteiger partial charge is 0.408 e. The minimum absolute atomic E-state index is 0.0779. The largest absolute Gasteiger partial charge is 0.444 e. The number of sulfonamides is 1. The molecular weight excluding hydrogens is 406 g/mol. The number of carbonyl (C=O) groups excluding carboxylic acids is 1. The fourth-order valence-electron chi connectivity index (χ4n) is 3.45. The SMILES string of the molecule is CCNC(=NCC(CC)(CC)NC(=O)OC(C)(C)C)NC[C@H]1CCCN1S(C)(=O)=O. The Morgan fingerprint density at radius 3 is 2.30 bits per heavy atom. The van der Waals surface area contributed by atoms with Crippen LogP contribution in [0.15, 0.2) is 4.99 Å². The molecule has 0 aromatic carbocycles. The highest BCUT2D eigenvalue weighted by molar-refractivity contribution is 7.88. The van der Waals surface area contributed by atoms with Gasteiger partial charge in [0, 0.05) is 25.7 Å². The summed E-state index contributed by atoms with van der Waals surface area (Å²) in [5, 5.41) is 9.46. The zero-order chi connectivity index (χ0) is 23.0. The summed E-state index contributed by atoms with van der Waals surface area (Å²) in [4.78, 5) is 17.0. The molecule has 3 N–H and O–H groups in total. The van der Waals surface area contributed by atoms with E-state index in [-0.39, 0.29) is 6.04 Å². The molecule has 30 heavy (non-hydrogen) atoms. The van der Waals surface area contributed by atoms with E-state index in [1.165, 1.54) is 6.26 Å². The lowest BCUT2D eigenvalue weighted by Crippen LogP contribution is -2.52. The molecule has 0 aromatic heterocycles. The first-order valence-corrected chi connectivity index (χ1v) is 12.7. The molecule has 1 atom stereocenters. The number of nitrogens with zero attached hydrogens (tertiary/aromatic N) is 2. The molecule has 0 aromatic rings. The minimum atomic E-state index is -3.21. The monoisotopic (exact) mass is 447 g/mol. The van der Waals surface area contributed by atoms with Gasteiger partial charge in [0.15, 0.2) is 5.96 Å². The van der Waals surface area contributed by atoms with E-state index in [9.17, 15) is 13.2 Å². The van der Waals surface area contributed by atoms with Gasteiger partial charge in [0.2, 0.25) is 10.0 Å². The van der Waals surface area contributed by atoms with Crippen LogP contribution in [0.5, 0.6) is 0 Å². The van der Waals surface area contributed by atoms with E-state index >= 15 is 0 Å². The second-order valence-electron chi connectivity index (χ2n) is 8.86. The molecule has 1 heterocycles. The predicted octanol–water partition coefficient (Wildman–Crippen LogP) is 2.05. The fraction of sp³-hybridized carbons (Fsp3) is 0.900. The number of guanidine groups is 1. The Morgan fingerprint density at radius 2 is 1.80 bits per heavy atom. The summed E-state index contributed by atoms with van der Waals surface area (Å²) in [6.07, 6.45) is 3.90. The molecular formula is C20H41N5O4S. The van der Waals surface area contributed by atoms with Crippen molar-refractivity contribution >= 4 is 22.1 Å². The zero-order valence-electron chi connectivity index (χ0n) is 19.7. The van der Waals surface area contributed by atoms with E-state index in [1.54, 1.807) is 4.31 Å². The normalized spacial score (nSPS) is 18.9. The number of alkyl carbamates (subject to hydrolysis) is 1. The van der Waals surface area contributed by atoms with Crippen molar-refractivity contribution in [3.8, 4) is 0 Å². The van der Waals surface area contributed by atoms with Crippen molar-refractivity contribution in [2.24, 2.45) is 4.99 Å². The molecule has 1 amide bonds. The Balaban J connectivity index is 2.83. The van der Waals surface area contributed by atoms with Crippen LogP contribution in [-0.4, -0.2) is 74.4 Å². The highest BCUT2D eigenvalue weighted by atomic mass is 32.2. The fourth-order valence-corrected chi connectivity index (χ4v) is 4.63. The van der Waals surface area contributed by atoms with Gasteiger partial charge in [0.25, 0.3) is 0 Å². The Bertz CT molecular complexity index is 684. The van der Waals surface area contributed by atoms with Crippen molar-refractivity contribution in [2.45, 2.75) is 84.4 Å². The Kier molecular flexibility index (Phi) is 9.87. The number of amides is 1. The van der Waals surface area contributed by atoms with Gasteiger partial charge in [-0.15, -0.1) is 0 Å². The van der Waals surface area contributed by atoms with Gasteiger partial charge >= 0.3 is 6.09 Å². The number of hydrogen-bond acceptors (Lipinski definition) is 5. The summed E-state index contributed by atoms with van der Waals surface area (Å²) in [7, 11) is -3.21. The number of rotatable bonds is 9. The maximum Gasteiger partial charge on any atom is 0.408 e. The second kappa shape index (κ2) is 11.2. The van der Waals surface area contributed by atoms with E-state index in [0.29, 0.717) is 45.0 Å². The Hall–Kier alpha value is -1.55. The molecule has 0 bridgehead atoms. The summed E-state index contributed by atoms with van der Waals surface area (Å²) in [5.41, 5.74) is -1.08. The molecule has 1 fully saturated rings. The van der Waals surface area contributed by atoms with Gasteiger partial charge in [0.05, 0.1) is 18.3 Å². The third-order valence-electron chi connectivity index (χ3n) is 5.26. The summed E-state index contributed by atoms with van der Waals surface area (Å²) >= 11 is 0. The molecule has 0 radical (unpaired) electrons. The Morgan fingerprint density at radius 1 is 1.17 bits per heavy atom. The van der Waals surface area contributed by atoms with Crippen molar-refractivity contribution in [1.29, 1.82) is 0 Å². The highest BCUT2D eigenvalue weighted by Crippen LogP contribution is 2.20. The second-order valence-corrected chi connectivity index (χ2v) is 10.8. The van der Waals surface area contributed by atoms with Crippen molar-refractivity contribution in [3.05, 3.63) is 0 Å². The van der Waals surface area contributed by atoms with Crippen LogP contribution in [0.25, 0.3) is 0 Å². The lowest BCUT2D eigenvalue weighted by Gasteiger charge is -2.33. The number of ether oxygens (including phenoxy) is 1. The van der Waals surface area contributed by atoms with Gasteiger partial charge in [-0.25, -0.2) is 13.2 Å². The van der Waals surface area contributed by atoms with Gasteiger partial charge in [-0.2, -0.15) is 4.31 Å². The quantitative estimate of drug-likeness (QED) is 0.368. The van der Waals surface area contributed by atoms with Crippen LogP contribution < -0.4 is 16.0 Å². The molecule has 0 aliphatic carbocycles. The maximum atomic E-state index is 12.3. The average molecular weight is 448 g/mol. The number of nitrogens with one attached hydrogen (secondary N) is 3. The number of carbonyl (C=O) groups is 1. The third-order valence-corrected chi connectivity index (χ3v) is 6.59. The number of aliphatic imine (C=N–C) groups is 1. The topological polar surface area (TPSA) is 112 Å². The van der Waals surface area contributed by atoms with E-state index in [0.717, 1.165) is 12.8 Å². The van der Waals surface area contributed by atoms with Gasteiger partial charge < -0.3 is 20.7 Å². The zero-order valence-corrected chi connectivity index (χ0v) is 20.5. The highest BCUT2D eigenvalue weighted by Gasteiger charge is 2.32. The predicted molar refractivity (Wildman–Crippen MR) is 121 cm³/mol. The molecule has 1 aliphatic rings. The van der Waals surface area contributed by atoms with Crippen LogP contribution >= 0.6 is 0 Å². The van der Waals surface area contributed by atoms with Crippen molar-refractivity contribution < 1.29 is 17.9 Å². The first-order chi connectivity index (χ1) is 13.9. The van der Waals surface area contributed by atoms with Crippen LogP contribution in [0, 0.1) is 0 Å². The van der Waals surface area contributed by atoms with Crippen LogP contribution in [0.4, 0.5) is 4.79 Å². The standard InChI is InChI=1S/C20H41N5O4S/c1-8-20(9-2,24-18(26)29-19(4,5)6)15-23-17(21-10-3)22-14-16-12-11-13-25(16)30(7,27)28/h16H,8-15H2,1-7H3,(H,24,26)(H2,21,22,23)/t16-/m1/s1. The van der Waals surface area contributed by atoms with Gasteiger partial charge in [-0.05, 0) is 53.4 Å². The van der Waals surface area contributed by atoms with Crippen LogP contribution in [-0.2, 0) is 14.8 Å². The first-order valence-electron chi connectivity index (χ1n) is 10.9. The van der Waals surface area contributed by atoms with Crippen molar-refractivity contribution in [3.63, 3.8) is 0 Å². The molecule has 176 valence electrons. The minimum Gasteiger partial charge on any atom is -0.444 e. The van der Waals surface area contributed by atoms with Crippen molar-refractivity contribution in [2.75, 3.05) is 32.4 Å². The molecule has 10 heteroatoms.